The van der Waals surface area contributed by atoms with Crippen LogP contribution >= 0.6 is 0 Å². The van der Waals surface area contributed by atoms with Crippen LogP contribution in [0.3, 0.4) is 0 Å². The van der Waals surface area contributed by atoms with Gasteiger partial charge in [-0.2, -0.15) is 0 Å². The van der Waals surface area contributed by atoms with Gasteiger partial charge in [0.2, 0.25) is 0 Å². The zero-order valence-corrected chi connectivity index (χ0v) is 21.8. The molecule has 3 aromatic rings. The molecule has 3 N–H and O–H groups in total. The van der Waals surface area contributed by atoms with Crippen molar-refractivity contribution in [2.45, 2.75) is 63.7 Å². The van der Waals surface area contributed by atoms with Gasteiger partial charge in [0.25, 0.3) is 0 Å². The molecule has 194 valence electrons. The van der Waals surface area contributed by atoms with Gasteiger partial charge < -0.3 is 25.1 Å². The van der Waals surface area contributed by atoms with Gasteiger partial charge in [-0.05, 0) is 64.3 Å². The number of aromatic nitrogens is 1. The summed E-state index contributed by atoms with van der Waals surface area (Å²) in [6.07, 6.45) is 2.63. The minimum atomic E-state index is -1.36. The van der Waals surface area contributed by atoms with Crippen molar-refractivity contribution < 1.29 is 24.1 Å². The molecule has 0 unspecified atom stereocenters. The molecule has 0 bridgehead atoms. The number of carbonyl (C=O) groups is 1. The number of fused-ring (bicyclic) bond motifs is 1. The summed E-state index contributed by atoms with van der Waals surface area (Å²) in [5.74, 6) is 1.73. The maximum absolute atomic E-state index is 13.1. The number of benzene rings is 2. The van der Waals surface area contributed by atoms with Crippen LogP contribution in [-0.2, 0) is 11.1 Å². The number of aryl methyl sites for hydroxylation is 1. The highest BCUT2D eigenvalue weighted by Gasteiger charge is 2.38. The first-order valence-electron chi connectivity index (χ1n) is 12.7. The lowest BCUT2D eigenvalue weighted by Gasteiger charge is -2.25. The Bertz CT molecular complexity index is 1330. The number of nitrogens with zero attached hydrogens (tertiary/aromatic N) is 1. The first-order valence-corrected chi connectivity index (χ1v) is 12.7. The summed E-state index contributed by atoms with van der Waals surface area (Å²) in [6, 6.07) is 15.0. The molecular formula is C30H34N2O5. The Hall–Kier alpha value is -3.42. The largest absolute Gasteiger partial charge is 0.493 e. The first-order chi connectivity index (χ1) is 17.6. The van der Waals surface area contributed by atoms with Crippen molar-refractivity contribution >= 4 is 5.78 Å². The highest BCUT2D eigenvalue weighted by Crippen LogP contribution is 2.44. The third-order valence-electron chi connectivity index (χ3n) is 7.12. The summed E-state index contributed by atoms with van der Waals surface area (Å²) in [5, 5.41) is 11.5. The minimum absolute atomic E-state index is 0.0940. The SMILES string of the molecule is COc1cc(C(=O)CC[C@@](C)(O)c2cc3c(c(-c4ccc(C)cc4)n2)OC[C@@]3(C)N)ccc1OC1CC1. The summed E-state index contributed by atoms with van der Waals surface area (Å²) in [6.45, 7) is 5.94. The quantitative estimate of drug-likeness (QED) is 0.395. The Kier molecular flexibility index (Phi) is 6.46. The third-order valence-corrected chi connectivity index (χ3v) is 7.12. The van der Waals surface area contributed by atoms with Crippen LogP contribution in [0.2, 0.25) is 0 Å². The van der Waals surface area contributed by atoms with Gasteiger partial charge in [0.15, 0.2) is 23.0 Å². The molecule has 37 heavy (non-hydrogen) atoms. The molecule has 2 aromatic carbocycles. The lowest BCUT2D eigenvalue weighted by Crippen LogP contribution is -2.35. The van der Waals surface area contributed by atoms with E-state index in [4.69, 9.17) is 24.9 Å². The molecule has 7 heteroatoms. The van der Waals surface area contributed by atoms with Gasteiger partial charge in [0.05, 0.1) is 24.4 Å². The fourth-order valence-electron chi connectivity index (χ4n) is 4.52. The second-order valence-corrected chi connectivity index (χ2v) is 10.7. The lowest BCUT2D eigenvalue weighted by atomic mass is 9.88. The summed E-state index contributed by atoms with van der Waals surface area (Å²) >= 11 is 0. The molecule has 0 saturated heterocycles. The van der Waals surface area contributed by atoms with Crippen LogP contribution in [0.15, 0.2) is 48.5 Å². The number of ether oxygens (including phenoxy) is 3. The van der Waals surface area contributed by atoms with E-state index < -0.39 is 11.1 Å². The highest BCUT2D eigenvalue weighted by molar-refractivity contribution is 5.96. The molecule has 0 radical (unpaired) electrons. The van der Waals surface area contributed by atoms with Gasteiger partial charge in [-0.25, -0.2) is 4.98 Å². The van der Waals surface area contributed by atoms with Crippen LogP contribution in [0.4, 0.5) is 0 Å². The summed E-state index contributed by atoms with van der Waals surface area (Å²) in [7, 11) is 1.56. The average Bonchev–Trinajstić information content (AvgIpc) is 3.64. The van der Waals surface area contributed by atoms with Crippen molar-refractivity contribution in [1.82, 2.24) is 4.98 Å². The predicted molar refractivity (Wildman–Crippen MR) is 141 cm³/mol. The van der Waals surface area contributed by atoms with Gasteiger partial charge in [0, 0.05) is 23.1 Å². The Morgan fingerprint density at radius 1 is 1.19 bits per heavy atom. The van der Waals surface area contributed by atoms with E-state index >= 15 is 0 Å². The molecule has 2 heterocycles. The second kappa shape index (κ2) is 9.47. The summed E-state index contributed by atoms with van der Waals surface area (Å²) in [4.78, 5) is 17.9. The molecule has 1 aliphatic heterocycles. The molecule has 0 amide bonds. The number of ketones is 1. The number of rotatable bonds is 9. The average molecular weight is 503 g/mol. The van der Waals surface area contributed by atoms with E-state index in [-0.39, 0.29) is 24.7 Å². The molecule has 5 rings (SSSR count). The fourth-order valence-corrected chi connectivity index (χ4v) is 4.52. The van der Waals surface area contributed by atoms with Crippen molar-refractivity contribution in [1.29, 1.82) is 0 Å². The Morgan fingerprint density at radius 2 is 1.92 bits per heavy atom. The van der Waals surface area contributed by atoms with Gasteiger partial charge >= 0.3 is 0 Å². The zero-order chi connectivity index (χ0) is 26.4. The smallest absolute Gasteiger partial charge is 0.163 e. The standard InChI is InChI=1S/C30H34N2O5/c1-18-5-7-19(8-6-18)27-28-22(29(2,31)17-36-28)16-26(32-27)30(3,34)14-13-23(33)20-9-12-24(25(15-20)35-4)37-21-10-11-21/h5-9,12,15-16,21,34H,10-11,13-14,17,31H2,1-4H3/t29-,30-/m1/s1. The van der Waals surface area contributed by atoms with Crippen molar-refractivity contribution in [2.75, 3.05) is 13.7 Å². The number of Topliss-reactive ketones (excluding diaryl/α,β-unsaturated/α-hetero) is 1. The monoisotopic (exact) mass is 502 g/mol. The predicted octanol–water partition coefficient (Wildman–Crippen LogP) is 5.04. The Balaban J connectivity index is 1.40. The molecular weight excluding hydrogens is 468 g/mol. The Labute approximate surface area is 217 Å². The third kappa shape index (κ3) is 5.20. The van der Waals surface area contributed by atoms with E-state index in [9.17, 15) is 9.90 Å². The molecule has 7 nitrogen and oxygen atoms in total. The van der Waals surface area contributed by atoms with Gasteiger partial charge in [-0.3, -0.25) is 4.79 Å². The van der Waals surface area contributed by atoms with Gasteiger partial charge in [-0.1, -0.05) is 29.8 Å². The maximum atomic E-state index is 13.1. The van der Waals surface area contributed by atoms with Gasteiger partial charge in [0.1, 0.15) is 17.9 Å². The molecule has 0 spiro atoms. The first kappa shape index (κ1) is 25.2. The van der Waals surface area contributed by atoms with Crippen LogP contribution in [0.25, 0.3) is 11.3 Å². The number of nitrogens with two attached hydrogens (primary N) is 1. The Morgan fingerprint density at radius 3 is 2.59 bits per heavy atom. The number of hydrogen-bond acceptors (Lipinski definition) is 7. The fraction of sp³-hybridized carbons (Fsp3) is 0.400. The summed E-state index contributed by atoms with van der Waals surface area (Å²) < 4.78 is 17.3. The van der Waals surface area contributed by atoms with E-state index in [1.165, 1.54) is 0 Å². The molecule has 1 aliphatic carbocycles. The van der Waals surface area contributed by atoms with E-state index in [1.807, 2.05) is 44.2 Å². The number of aliphatic hydroxyl groups is 1. The number of carbonyl (C=O) groups excluding carboxylic acids is 1. The molecule has 1 saturated carbocycles. The van der Waals surface area contributed by atoms with Crippen LogP contribution in [-0.4, -0.2) is 35.7 Å². The normalized spacial score (nSPS) is 20.1. The van der Waals surface area contributed by atoms with Crippen LogP contribution in [0.1, 0.15) is 66.7 Å². The van der Waals surface area contributed by atoms with Crippen molar-refractivity contribution in [3.05, 3.63) is 70.9 Å². The van der Waals surface area contributed by atoms with Crippen molar-refractivity contribution in [2.24, 2.45) is 5.73 Å². The lowest BCUT2D eigenvalue weighted by molar-refractivity contribution is 0.0396. The highest BCUT2D eigenvalue weighted by atomic mass is 16.5. The van der Waals surface area contributed by atoms with Gasteiger partial charge in [-0.15, -0.1) is 0 Å². The maximum Gasteiger partial charge on any atom is 0.163 e. The van der Waals surface area contributed by atoms with Crippen LogP contribution < -0.4 is 19.9 Å². The van der Waals surface area contributed by atoms with Crippen molar-refractivity contribution in [3.63, 3.8) is 0 Å². The summed E-state index contributed by atoms with van der Waals surface area (Å²) in [5.41, 5.74) is 8.90. The van der Waals surface area contributed by atoms with Crippen LogP contribution in [0, 0.1) is 6.92 Å². The number of hydrogen-bond donors (Lipinski definition) is 2. The molecule has 2 aliphatic rings. The molecule has 1 aromatic heterocycles. The van der Waals surface area contributed by atoms with E-state index in [2.05, 4.69) is 0 Å². The van der Waals surface area contributed by atoms with Crippen LogP contribution in [0.5, 0.6) is 17.2 Å². The molecule has 2 atom stereocenters. The van der Waals surface area contributed by atoms with Crippen molar-refractivity contribution in [3.8, 4) is 28.5 Å². The second-order valence-electron chi connectivity index (χ2n) is 10.7. The van der Waals surface area contributed by atoms with E-state index in [0.717, 1.165) is 29.5 Å². The minimum Gasteiger partial charge on any atom is -0.493 e. The molecule has 1 fully saturated rings. The number of pyridine rings is 1. The van der Waals surface area contributed by atoms with E-state index in [0.29, 0.717) is 40.8 Å². The zero-order valence-electron chi connectivity index (χ0n) is 21.8. The topological polar surface area (TPSA) is 104 Å². The van der Waals surface area contributed by atoms with E-state index in [1.54, 1.807) is 32.2 Å². The number of methoxy groups -OCH3 is 1.